The van der Waals surface area contributed by atoms with Gasteiger partial charge in [-0.05, 0) is 24.6 Å². The number of nitrogens with zero attached hydrogens (tertiary/aromatic N) is 2. The lowest BCUT2D eigenvalue weighted by Gasteiger charge is -2.14. The van der Waals surface area contributed by atoms with Gasteiger partial charge in [0.1, 0.15) is 12.0 Å². The Labute approximate surface area is 153 Å². The molecule has 1 aliphatic rings. The molecule has 146 valence electrons. The van der Waals surface area contributed by atoms with Crippen molar-refractivity contribution in [2.75, 3.05) is 26.8 Å². The van der Waals surface area contributed by atoms with E-state index in [1.807, 2.05) is 0 Å². The molecule has 1 atom stereocenters. The van der Waals surface area contributed by atoms with E-state index < -0.39 is 11.7 Å². The zero-order valence-corrected chi connectivity index (χ0v) is 14.7. The van der Waals surface area contributed by atoms with Crippen LogP contribution in [0.5, 0.6) is 5.75 Å². The molecule has 27 heavy (non-hydrogen) atoms. The fourth-order valence-corrected chi connectivity index (χ4v) is 2.93. The van der Waals surface area contributed by atoms with Crippen LogP contribution in [0.2, 0.25) is 0 Å². The minimum absolute atomic E-state index is 0.0397. The fourth-order valence-electron chi connectivity index (χ4n) is 2.93. The van der Waals surface area contributed by atoms with Gasteiger partial charge in [-0.2, -0.15) is 13.2 Å². The first-order chi connectivity index (χ1) is 12.9. The summed E-state index contributed by atoms with van der Waals surface area (Å²) in [5.41, 5.74) is -0.654. The molecule has 0 radical (unpaired) electrons. The molecule has 0 bridgehead atoms. The van der Waals surface area contributed by atoms with Crippen LogP contribution in [0.4, 0.5) is 13.2 Å². The lowest BCUT2D eigenvalue weighted by molar-refractivity contribution is -0.137. The van der Waals surface area contributed by atoms with E-state index in [1.165, 1.54) is 18.4 Å². The molecule has 1 aliphatic heterocycles. The summed E-state index contributed by atoms with van der Waals surface area (Å²) in [5.74, 6) is 0.207. The molecule has 0 unspecified atom stereocenters. The molecule has 0 saturated carbocycles. The molecule has 3 rings (SSSR count). The van der Waals surface area contributed by atoms with Crippen molar-refractivity contribution < 1.29 is 31.9 Å². The first-order valence-electron chi connectivity index (χ1n) is 8.39. The average Bonchev–Trinajstić information content (AvgIpc) is 3.29. The minimum atomic E-state index is -4.45. The van der Waals surface area contributed by atoms with E-state index in [2.05, 4.69) is 4.98 Å². The molecule has 1 aromatic heterocycles. The van der Waals surface area contributed by atoms with Crippen molar-refractivity contribution in [1.82, 2.24) is 9.88 Å². The maximum absolute atomic E-state index is 12.7. The largest absolute Gasteiger partial charge is 0.484 e. The number of methoxy groups -OCH3 is 1. The highest BCUT2D eigenvalue weighted by molar-refractivity contribution is 5.92. The summed E-state index contributed by atoms with van der Waals surface area (Å²) in [6.07, 6.45) is -2.35. The highest BCUT2D eigenvalue weighted by Gasteiger charge is 2.31. The Bertz CT molecular complexity index is 791. The van der Waals surface area contributed by atoms with E-state index in [4.69, 9.17) is 13.9 Å². The number of carbonyl (C=O) groups excluding carboxylic acids is 1. The first-order valence-corrected chi connectivity index (χ1v) is 8.39. The van der Waals surface area contributed by atoms with Crippen molar-refractivity contribution in [2.24, 2.45) is 5.92 Å². The number of aromatic nitrogens is 1. The molecule has 2 aromatic rings. The Hall–Kier alpha value is -2.55. The Morgan fingerprint density at radius 3 is 2.96 bits per heavy atom. The van der Waals surface area contributed by atoms with Crippen LogP contribution in [0.25, 0.3) is 0 Å². The van der Waals surface area contributed by atoms with Crippen molar-refractivity contribution >= 4 is 5.91 Å². The minimum Gasteiger partial charge on any atom is -0.484 e. The first kappa shape index (κ1) is 19.2. The Morgan fingerprint density at radius 1 is 1.41 bits per heavy atom. The zero-order valence-electron chi connectivity index (χ0n) is 14.7. The van der Waals surface area contributed by atoms with E-state index in [0.29, 0.717) is 25.6 Å². The predicted octanol–water partition coefficient (Wildman–Crippen LogP) is 3.38. The van der Waals surface area contributed by atoms with Crippen molar-refractivity contribution in [3.63, 3.8) is 0 Å². The summed E-state index contributed by atoms with van der Waals surface area (Å²) in [6, 6.07) is 4.52. The van der Waals surface area contributed by atoms with Crippen LogP contribution in [-0.4, -0.2) is 42.6 Å². The molecule has 0 N–H and O–H groups in total. The van der Waals surface area contributed by atoms with E-state index in [9.17, 15) is 18.0 Å². The molecular formula is C18H19F3N2O4. The number of halogens is 3. The molecular weight excluding hydrogens is 365 g/mol. The lowest BCUT2D eigenvalue weighted by atomic mass is 10.1. The van der Waals surface area contributed by atoms with E-state index >= 15 is 0 Å². The van der Waals surface area contributed by atoms with Crippen LogP contribution >= 0.6 is 0 Å². The third kappa shape index (κ3) is 4.79. The monoisotopic (exact) mass is 384 g/mol. The second kappa shape index (κ2) is 7.99. The molecule has 6 nitrogen and oxygen atoms in total. The number of hydrogen-bond donors (Lipinski definition) is 0. The van der Waals surface area contributed by atoms with Crippen molar-refractivity contribution in [1.29, 1.82) is 0 Å². The highest BCUT2D eigenvalue weighted by Crippen LogP contribution is 2.31. The second-order valence-electron chi connectivity index (χ2n) is 6.30. The zero-order chi connectivity index (χ0) is 19.4. The summed E-state index contributed by atoms with van der Waals surface area (Å²) in [7, 11) is 1.62. The molecule has 2 heterocycles. The topological polar surface area (TPSA) is 64.8 Å². The van der Waals surface area contributed by atoms with Crippen molar-refractivity contribution in [2.45, 2.75) is 19.2 Å². The van der Waals surface area contributed by atoms with Crippen molar-refractivity contribution in [3.8, 4) is 5.75 Å². The molecule has 1 amide bonds. The maximum atomic E-state index is 12.7. The number of ether oxygens (including phenoxy) is 2. The summed E-state index contributed by atoms with van der Waals surface area (Å²) < 4.78 is 53.7. The van der Waals surface area contributed by atoms with Crippen LogP contribution in [0.1, 0.15) is 28.4 Å². The smallest absolute Gasteiger partial charge is 0.416 e. The number of benzene rings is 1. The predicted molar refractivity (Wildman–Crippen MR) is 88.2 cm³/mol. The molecule has 9 heteroatoms. The maximum Gasteiger partial charge on any atom is 0.416 e. The normalized spacial score (nSPS) is 17.3. The van der Waals surface area contributed by atoms with Gasteiger partial charge in [-0.25, -0.2) is 4.98 Å². The Kier molecular flexibility index (Phi) is 5.69. The van der Waals surface area contributed by atoms with Gasteiger partial charge in [0, 0.05) is 26.1 Å². The van der Waals surface area contributed by atoms with Crippen LogP contribution in [0, 0.1) is 5.92 Å². The fraction of sp³-hybridized carbons (Fsp3) is 0.444. The number of hydrogen-bond acceptors (Lipinski definition) is 5. The van der Waals surface area contributed by atoms with Gasteiger partial charge in [0.05, 0.1) is 12.2 Å². The van der Waals surface area contributed by atoms with Gasteiger partial charge in [-0.3, -0.25) is 4.79 Å². The van der Waals surface area contributed by atoms with Gasteiger partial charge in [-0.15, -0.1) is 0 Å². The standard InChI is InChI=1S/C18H19F3N2O4/c1-25-9-12-5-6-23(8-12)17(24)15-10-27-16(22-15)11-26-14-4-2-3-13(7-14)18(19,20)21/h2-4,7,10,12H,5-6,8-9,11H2,1H3/t12-/m0/s1. The molecule has 1 fully saturated rings. The average molecular weight is 384 g/mol. The number of amides is 1. The Morgan fingerprint density at radius 2 is 2.22 bits per heavy atom. The number of likely N-dealkylation sites (tertiary alicyclic amines) is 1. The summed E-state index contributed by atoms with van der Waals surface area (Å²) in [6.45, 7) is 1.63. The summed E-state index contributed by atoms with van der Waals surface area (Å²) >= 11 is 0. The molecule has 0 spiro atoms. The van der Waals surface area contributed by atoms with E-state index in [0.717, 1.165) is 18.6 Å². The molecule has 0 aliphatic carbocycles. The number of rotatable bonds is 6. The SMILES string of the molecule is COC[C@H]1CCN(C(=O)c2coc(COc3cccc(C(F)(F)F)c3)n2)C1. The van der Waals surface area contributed by atoms with Gasteiger partial charge in [0.25, 0.3) is 5.91 Å². The van der Waals surface area contributed by atoms with Gasteiger partial charge in [0.15, 0.2) is 12.3 Å². The van der Waals surface area contributed by atoms with Crippen LogP contribution < -0.4 is 4.74 Å². The third-order valence-corrected chi connectivity index (χ3v) is 4.27. The van der Waals surface area contributed by atoms with Gasteiger partial charge in [-0.1, -0.05) is 6.07 Å². The van der Waals surface area contributed by atoms with E-state index in [1.54, 1.807) is 12.0 Å². The quantitative estimate of drug-likeness (QED) is 0.764. The lowest BCUT2D eigenvalue weighted by Crippen LogP contribution is -2.29. The molecule has 1 aromatic carbocycles. The van der Waals surface area contributed by atoms with Gasteiger partial charge < -0.3 is 18.8 Å². The van der Waals surface area contributed by atoms with Crippen LogP contribution in [-0.2, 0) is 17.5 Å². The summed E-state index contributed by atoms with van der Waals surface area (Å²) in [4.78, 5) is 18.2. The van der Waals surface area contributed by atoms with E-state index in [-0.39, 0.29) is 29.8 Å². The van der Waals surface area contributed by atoms with Gasteiger partial charge in [0.2, 0.25) is 5.89 Å². The molecule has 1 saturated heterocycles. The number of carbonyl (C=O) groups is 1. The van der Waals surface area contributed by atoms with Crippen LogP contribution in [0.15, 0.2) is 34.9 Å². The highest BCUT2D eigenvalue weighted by atomic mass is 19.4. The second-order valence-corrected chi connectivity index (χ2v) is 6.30. The third-order valence-electron chi connectivity index (χ3n) is 4.27. The number of alkyl halides is 3. The summed E-state index contributed by atoms with van der Waals surface area (Å²) in [5, 5.41) is 0. The van der Waals surface area contributed by atoms with Crippen LogP contribution in [0.3, 0.4) is 0 Å². The van der Waals surface area contributed by atoms with Gasteiger partial charge >= 0.3 is 6.18 Å². The Balaban J connectivity index is 1.58. The van der Waals surface area contributed by atoms with Crippen molar-refractivity contribution in [3.05, 3.63) is 47.7 Å². The number of oxazole rings is 1.